The third-order valence-corrected chi connectivity index (χ3v) is 4.83. The van der Waals surface area contributed by atoms with Gasteiger partial charge in [-0.15, -0.1) is 0 Å². The van der Waals surface area contributed by atoms with Crippen LogP contribution in [0.5, 0.6) is 0 Å². The molecule has 4 nitrogen and oxygen atoms in total. The zero-order valence-corrected chi connectivity index (χ0v) is 15.8. The van der Waals surface area contributed by atoms with Gasteiger partial charge in [0.15, 0.2) is 0 Å². The van der Waals surface area contributed by atoms with Crippen molar-refractivity contribution in [3.8, 4) is 0 Å². The van der Waals surface area contributed by atoms with Crippen LogP contribution in [0.25, 0.3) is 0 Å². The highest BCUT2D eigenvalue weighted by Crippen LogP contribution is 2.28. The average Bonchev–Trinajstić information content (AvgIpc) is 2.62. The van der Waals surface area contributed by atoms with Gasteiger partial charge in [0.2, 0.25) is 0 Å². The molecule has 2 aromatic carbocycles. The van der Waals surface area contributed by atoms with Crippen LogP contribution in [0.15, 0.2) is 42.5 Å². The minimum absolute atomic E-state index is 0.150. The summed E-state index contributed by atoms with van der Waals surface area (Å²) in [5.74, 6) is 0. The van der Waals surface area contributed by atoms with Gasteiger partial charge in [-0.1, -0.05) is 31.2 Å². The maximum absolute atomic E-state index is 12.0. The minimum Gasteiger partial charge on any atom is -0.371 e. The first-order valence-corrected chi connectivity index (χ1v) is 9.64. The van der Waals surface area contributed by atoms with E-state index < -0.39 is 0 Å². The quantitative estimate of drug-likeness (QED) is 0.803. The summed E-state index contributed by atoms with van der Waals surface area (Å²) in [6.07, 6.45) is 4.42. The molecule has 0 atom stereocenters. The van der Waals surface area contributed by atoms with Gasteiger partial charge in [-0.2, -0.15) is 0 Å². The van der Waals surface area contributed by atoms with E-state index in [1.807, 2.05) is 31.2 Å². The van der Waals surface area contributed by atoms with Crippen LogP contribution in [0, 0.1) is 6.92 Å². The molecule has 0 saturated heterocycles. The topological polar surface area (TPSA) is 44.4 Å². The number of aryl methyl sites for hydroxylation is 2. The lowest BCUT2D eigenvalue weighted by atomic mass is 9.98. The number of nitrogens with zero attached hydrogens (tertiary/aromatic N) is 1. The number of hydrogen-bond donors (Lipinski definition) is 2. The smallest absolute Gasteiger partial charge is 0.319 e. The fraction of sp³-hybridized carbons (Fsp3) is 0.409. The number of anilines is 2. The van der Waals surface area contributed by atoms with Crippen molar-refractivity contribution in [1.82, 2.24) is 5.32 Å². The zero-order valence-electron chi connectivity index (χ0n) is 15.8. The van der Waals surface area contributed by atoms with Crippen molar-refractivity contribution in [2.75, 3.05) is 29.9 Å². The number of fused-ring (bicyclic) bond motifs is 1. The van der Waals surface area contributed by atoms with Crippen LogP contribution in [0.1, 0.15) is 36.5 Å². The first kappa shape index (κ1) is 18.3. The first-order valence-electron chi connectivity index (χ1n) is 9.64. The monoisotopic (exact) mass is 351 g/mol. The molecule has 0 aromatic heterocycles. The second kappa shape index (κ2) is 8.75. The predicted molar refractivity (Wildman–Crippen MR) is 109 cm³/mol. The number of rotatable bonds is 6. The van der Waals surface area contributed by atoms with Crippen molar-refractivity contribution in [2.24, 2.45) is 0 Å². The molecule has 0 radical (unpaired) electrons. The summed E-state index contributed by atoms with van der Waals surface area (Å²) in [5.41, 5.74) is 6.10. The molecular formula is C22H29N3O. The molecule has 0 aliphatic carbocycles. The molecule has 1 aliphatic rings. The summed E-state index contributed by atoms with van der Waals surface area (Å²) in [6.45, 7) is 7.18. The highest BCUT2D eigenvalue weighted by molar-refractivity contribution is 5.89. The van der Waals surface area contributed by atoms with E-state index in [4.69, 9.17) is 0 Å². The zero-order chi connectivity index (χ0) is 18.4. The second-order valence-corrected chi connectivity index (χ2v) is 7.05. The van der Waals surface area contributed by atoms with E-state index in [1.165, 1.54) is 36.2 Å². The number of carbonyl (C=O) groups excluding carboxylic acids is 1. The maximum Gasteiger partial charge on any atom is 0.319 e. The van der Waals surface area contributed by atoms with Crippen LogP contribution >= 0.6 is 0 Å². The summed E-state index contributed by atoms with van der Waals surface area (Å²) >= 11 is 0. The Balaban J connectivity index is 1.51. The SMILES string of the molecule is CCCN1CCCc2cc(CCNC(=O)Nc3cccc(C)c3)ccc21. The fourth-order valence-corrected chi connectivity index (χ4v) is 3.60. The van der Waals surface area contributed by atoms with E-state index in [0.29, 0.717) is 6.54 Å². The normalized spacial score (nSPS) is 13.2. The highest BCUT2D eigenvalue weighted by Gasteiger charge is 2.16. The number of urea groups is 1. The molecule has 2 amide bonds. The van der Waals surface area contributed by atoms with E-state index in [-0.39, 0.29) is 6.03 Å². The van der Waals surface area contributed by atoms with Crippen molar-refractivity contribution in [2.45, 2.75) is 39.5 Å². The van der Waals surface area contributed by atoms with Gasteiger partial charge in [-0.25, -0.2) is 4.79 Å². The van der Waals surface area contributed by atoms with Crippen molar-refractivity contribution in [1.29, 1.82) is 0 Å². The Morgan fingerprint density at radius 1 is 1.19 bits per heavy atom. The Morgan fingerprint density at radius 2 is 2.08 bits per heavy atom. The molecule has 4 heteroatoms. The number of carbonyl (C=O) groups is 1. The lowest BCUT2D eigenvalue weighted by molar-refractivity contribution is 0.252. The van der Waals surface area contributed by atoms with Crippen molar-refractivity contribution >= 4 is 17.4 Å². The van der Waals surface area contributed by atoms with E-state index >= 15 is 0 Å². The van der Waals surface area contributed by atoms with Gasteiger partial charge in [-0.05, 0) is 67.5 Å². The number of benzene rings is 2. The molecule has 0 spiro atoms. The molecule has 138 valence electrons. The summed E-state index contributed by atoms with van der Waals surface area (Å²) in [5, 5.41) is 5.83. The standard InChI is InChI=1S/C22H29N3O/c1-3-13-25-14-5-7-19-16-18(9-10-21(19)25)11-12-23-22(26)24-20-8-4-6-17(2)15-20/h4,6,8-10,15-16H,3,5,7,11-14H2,1-2H3,(H2,23,24,26). The van der Waals surface area contributed by atoms with Gasteiger partial charge in [0.05, 0.1) is 0 Å². The van der Waals surface area contributed by atoms with Crippen LogP contribution in [-0.2, 0) is 12.8 Å². The highest BCUT2D eigenvalue weighted by atomic mass is 16.2. The van der Waals surface area contributed by atoms with E-state index in [0.717, 1.165) is 30.6 Å². The molecule has 3 rings (SSSR count). The molecule has 2 aromatic rings. The number of nitrogens with one attached hydrogen (secondary N) is 2. The molecule has 0 saturated carbocycles. The summed E-state index contributed by atoms with van der Waals surface area (Å²) in [7, 11) is 0. The Morgan fingerprint density at radius 3 is 2.88 bits per heavy atom. The lowest BCUT2D eigenvalue weighted by Crippen LogP contribution is -2.31. The first-order chi connectivity index (χ1) is 12.7. The fourth-order valence-electron chi connectivity index (χ4n) is 3.60. The van der Waals surface area contributed by atoms with E-state index in [1.54, 1.807) is 0 Å². The van der Waals surface area contributed by atoms with Crippen molar-refractivity contribution < 1.29 is 4.79 Å². The van der Waals surface area contributed by atoms with Gasteiger partial charge in [0, 0.05) is 31.0 Å². The molecule has 0 unspecified atom stereocenters. The van der Waals surface area contributed by atoms with Crippen LogP contribution < -0.4 is 15.5 Å². The Bertz CT molecular complexity index is 757. The van der Waals surface area contributed by atoms with Crippen LogP contribution in [0.4, 0.5) is 16.2 Å². The minimum atomic E-state index is -0.150. The predicted octanol–water partition coefficient (Wildman–Crippen LogP) is 4.52. The molecular weight excluding hydrogens is 322 g/mol. The molecule has 1 heterocycles. The molecule has 2 N–H and O–H groups in total. The van der Waals surface area contributed by atoms with Gasteiger partial charge >= 0.3 is 6.03 Å². The van der Waals surface area contributed by atoms with Crippen molar-refractivity contribution in [3.05, 3.63) is 59.2 Å². The molecule has 1 aliphatic heterocycles. The van der Waals surface area contributed by atoms with Crippen LogP contribution in [0.3, 0.4) is 0 Å². The second-order valence-electron chi connectivity index (χ2n) is 7.05. The average molecular weight is 351 g/mol. The van der Waals surface area contributed by atoms with Gasteiger partial charge < -0.3 is 15.5 Å². The Labute approximate surface area is 156 Å². The summed E-state index contributed by atoms with van der Waals surface area (Å²) in [4.78, 5) is 14.5. The van der Waals surface area contributed by atoms with E-state index in [9.17, 15) is 4.79 Å². The third kappa shape index (κ3) is 4.78. The van der Waals surface area contributed by atoms with Gasteiger partial charge in [-0.3, -0.25) is 0 Å². The molecule has 26 heavy (non-hydrogen) atoms. The van der Waals surface area contributed by atoms with Crippen molar-refractivity contribution in [3.63, 3.8) is 0 Å². The van der Waals surface area contributed by atoms with Gasteiger partial charge in [0.25, 0.3) is 0 Å². The third-order valence-electron chi connectivity index (χ3n) is 4.83. The summed E-state index contributed by atoms with van der Waals surface area (Å²) < 4.78 is 0. The van der Waals surface area contributed by atoms with Crippen LogP contribution in [-0.4, -0.2) is 25.7 Å². The Kier molecular flexibility index (Phi) is 6.16. The number of amides is 2. The molecule has 0 bridgehead atoms. The Hall–Kier alpha value is -2.49. The van der Waals surface area contributed by atoms with Crippen LogP contribution in [0.2, 0.25) is 0 Å². The van der Waals surface area contributed by atoms with Gasteiger partial charge in [0.1, 0.15) is 0 Å². The molecule has 0 fully saturated rings. The summed E-state index contributed by atoms with van der Waals surface area (Å²) in [6, 6.07) is 14.4. The largest absolute Gasteiger partial charge is 0.371 e. The maximum atomic E-state index is 12.0. The number of hydrogen-bond acceptors (Lipinski definition) is 2. The van der Waals surface area contributed by atoms with E-state index in [2.05, 4.69) is 40.7 Å². The lowest BCUT2D eigenvalue weighted by Gasteiger charge is -2.31.